The molecule has 1 aliphatic rings. The third kappa shape index (κ3) is 2.97. The normalized spacial score (nSPS) is 16.5. The van der Waals surface area contributed by atoms with E-state index in [1.165, 1.54) is 5.56 Å². The van der Waals surface area contributed by atoms with Gasteiger partial charge in [-0.2, -0.15) is 0 Å². The summed E-state index contributed by atoms with van der Waals surface area (Å²) in [7, 11) is 0. The first-order valence-electron chi connectivity index (χ1n) is 7.31. The van der Waals surface area contributed by atoms with E-state index in [-0.39, 0.29) is 16.9 Å². The molecule has 0 saturated carbocycles. The molecule has 0 fully saturated rings. The van der Waals surface area contributed by atoms with Crippen molar-refractivity contribution in [1.82, 2.24) is 0 Å². The second-order valence-electron chi connectivity index (χ2n) is 7.60. The van der Waals surface area contributed by atoms with Gasteiger partial charge in [-0.15, -0.1) is 0 Å². The van der Waals surface area contributed by atoms with Crippen molar-refractivity contribution in [3.05, 3.63) is 23.8 Å². The number of fused-ring (bicyclic) bond motifs is 1. The Morgan fingerprint density at radius 1 is 1.10 bits per heavy atom. The fraction of sp³-hybridized carbons (Fsp3) is 0.588. The van der Waals surface area contributed by atoms with Crippen LogP contribution in [0, 0.1) is 0 Å². The summed E-state index contributed by atoms with van der Waals surface area (Å²) in [6, 6.07) is 6.38. The molecule has 1 aromatic rings. The van der Waals surface area contributed by atoms with Gasteiger partial charge in [-0.05, 0) is 43.9 Å². The fourth-order valence-corrected chi connectivity index (χ4v) is 2.57. The zero-order chi connectivity index (χ0) is 15.1. The zero-order valence-electron chi connectivity index (χ0n) is 13.5. The molecule has 0 saturated heterocycles. The van der Waals surface area contributed by atoms with Gasteiger partial charge in [0.25, 0.3) is 0 Å². The molecule has 1 aromatic carbocycles. The van der Waals surface area contributed by atoms with Crippen molar-refractivity contribution < 1.29 is 4.79 Å². The Hall–Kier alpha value is -1.51. The Morgan fingerprint density at radius 2 is 1.75 bits per heavy atom. The molecule has 20 heavy (non-hydrogen) atoms. The van der Waals surface area contributed by atoms with E-state index in [2.05, 4.69) is 63.9 Å². The summed E-state index contributed by atoms with van der Waals surface area (Å²) < 4.78 is 0. The van der Waals surface area contributed by atoms with Crippen LogP contribution in [-0.2, 0) is 10.2 Å². The Kier molecular flexibility index (Phi) is 3.57. The highest BCUT2D eigenvalue weighted by molar-refractivity contribution is 5.96. The standard InChI is InChI=1S/C17H26N2O/c1-16(2,3)12-7-8-13-14(11-12)19(17(4,5)6)10-9-15(20)18-13/h7-8,11H,9-10H2,1-6H3,(H,18,20). The second kappa shape index (κ2) is 4.80. The van der Waals surface area contributed by atoms with Gasteiger partial charge in [0.05, 0.1) is 11.4 Å². The summed E-state index contributed by atoms with van der Waals surface area (Å²) in [5, 5.41) is 3.02. The van der Waals surface area contributed by atoms with Crippen LogP contribution in [0.2, 0.25) is 0 Å². The number of carbonyl (C=O) groups is 1. The summed E-state index contributed by atoms with van der Waals surface area (Å²) in [6.45, 7) is 14.0. The number of nitrogens with one attached hydrogen (secondary N) is 1. The monoisotopic (exact) mass is 274 g/mol. The van der Waals surface area contributed by atoms with Crippen LogP contribution in [-0.4, -0.2) is 18.0 Å². The highest BCUT2D eigenvalue weighted by Gasteiger charge is 2.28. The van der Waals surface area contributed by atoms with Crippen molar-refractivity contribution in [3.63, 3.8) is 0 Å². The van der Waals surface area contributed by atoms with Gasteiger partial charge in [0, 0.05) is 18.5 Å². The number of anilines is 2. The molecule has 1 aliphatic heterocycles. The average molecular weight is 274 g/mol. The van der Waals surface area contributed by atoms with Crippen LogP contribution in [0.25, 0.3) is 0 Å². The first-order valence-corrected chi connectivity index (χ1v) is 7.31. The molecule has 3 nitrogen and oxygen atoms in total. The topological polar surface area (TPSA) is 32.3 Å². The molecule has 3 heteroatoms. The molecule has 0 unspecified atom stereocenters. The minimum absolute atomic E-state index is 0.00242. The van der Waals surface area contributed by atoms with E-state index in [9.17, 15) is 4.79 Å². The van der Waals surface area contributed by atoms with Crippen LogP contribution in [0.5, 0.6) is 0 Å². The molecule has 0 spiro atoms. The van der Waals surface area contributed by atoms with Crippen LogP contribution in [0.4, 0.5) is 11.4 Å². The fourth-order valence-electron chi connectivity index (χ4n) is 2.57. The van der Waals surface area contributed by atoms with Crippen LogP contribution in [0.15, 0.2) is 18.2 Å². The highest BCUT2D eigenvalue weighted by atomic mass is 16.1. The third-order valence-corrected chi connectivity index (χ3v) is 3.80. The average Bonchev–Trinajstić information content (AvgIpc) is 2.44. The van der Waals surface area contributed by atoms with Crippen molar-refractivity contribution in [2.45, 2.75) is 58.9 Å². The number of hydrogen-bond acceptors (Lipinski definition) is 2. The Balaban J connectivity index is 2.56. The van der Waals surface area contributed by atoms with Gasteiger partial charge in [0.2, 0.25) is 5.91 Å². The summed E-state index contributed by atoms with van der Waals surface area (Å²) >= 11 is 0. The van der Waals surface area contributed by atoms with Crippen LogP contribution >= 0.6 is 0 Å². The van der Waals surface area contributed by atoms with E-state index in [4.69, 9.17) is 0 Å². The lowest BCUT2D eigenvalue weighted by molar-refractivity contribution is -0.116. The molecule has 0 aromatic heterocycles. The molecule has 1 amide bonds. The van der Waals surface area contributed by atoms with Gasteiger partial charge < -0.3 is 10.2 Å². The van der Waals surface area contributed by atoms with Crippen molar-refractivity contribution >= 4 is 17.3 Å². The Labute approximate surface area is 122 Å². The molecule has 0 radical (unpaired) electrons. The van der Waals surface area contributed by atoms with E-state index in [1.807, 2.05) is 6.07 Å². The van der Waals surface area contributed by atoms with E-state index in [0.29, 0.717) is 6.42 Å². The van der Waals surface area contributed by atoms with E-state index in [1.54, 1.807) is 0 Å². The van der Waals surface area contributed by atoms with Crippen molar-refractivity contribution in [2.75, 3.05) is 16.8 Å². The van der Waals surface area contributed by atoms with Gasteiger partial charge in [0.1, 0.15) is 0 Å². The predicted molar refractivity (Wildman–Crippen MR) is 85.5 cm³/mol. The maximum atomic E-state index is 11.9. The van der Waals surface area contributed by atoms with Gasteiger partial charge in [-0.25, -0.2) is 0 Å². The minimum Gasteiger partial charge on any atom is -0.364 e. The van der Waals surface area contributed by atoms with Gasteiger partial charge in [-0.3, -0.25) is 4.79 Å². The molecule has 110 valence electrons. The first kappa shape index (κ1) is 14.9. The molecule has 1 N–H and O–H groups in total. The lowest BCUT2D eigenvalue weighted by Crippen LogP contribution is -2.42. The molecule has 0 bridgehead atoms. The van der Waals surface area contributed by atoms with E-state index < -0.39 is 0 Å². The number of hydrogen-bond donors (Lipinski definition) is 1. The summed E-state index contributed by atoms with van der Waals surface area (Å²) in [6.07, 6.45) is 0.538. The SMILES string of the molecule is CC(C)(C)c1ccc2c(c1)N(C(C)(C)C)CCC(=O)N2. The Morgan fingerprint density at radius 3 is 2.30 bits per heavy atom. The lowest BCUT2D eigenvalue weighted by atomic mass is 9.86. The second-order valence-corrected chi connectivity index (χ2v) is 7.60. The lowest BCUT2D eigenvalue weighted by Gasteiger charge is -2.38. The summed E-state index contributed by atoms with van der Waals surface area (Å²) in [5.74, 6) is 0.0986. The van der Waals surface area contributed by atoms with Gasteiger partial charge in [0.15, 0.2) is 0 Å². The molecule has 0 atom stereocenters. The van der Waals surface area contributed by atoms with Crippen LogP contribution < -0.4 is 10.2 Å². The summed E-state index contributed by atoms with van der Waals surface area (Å²) in [5.41, 5.74) is 3.46. The predicted octanol–water partition coefficient (Wildman–Crippen LogP) is 3.93. The number of carbonyl (C=O) groups excluding carboxylic acids is 1. The van der Waals surface area contributed by atoms with Crippen molar-refractivity contribution in [1.29, 1.82) is 0 Å². The van der Waals surface area contributed by atoms with Gasteiger partial charge >= 0.3 is 0 Å². The third-order valence-electron chi connectivity index (χ3n) is 3.80. The van der Waals surface area contributed by atoms with Crippen LogP contribution in [0.1, 0.15) is 53.5 Å². The molecule has 1 heterocycles. The maximum absolute atomic E-state index is 11.9. The van der Waals surface area contributed by atoms with Crippen molar-refractivity contribution in [2.24, 2.45) is 0 Å². The largest absolute Gasteiger partial charge is 0.364 e. The number of benzene rings is 1. The highest BCUT2D eigenvalue weighted by Crippen LogP contribution is 2.37. The Bertz CT molecular complexity index is 521. The first-order chi connectivity index (χ1) is 9.09. The zero-order valence-corrected chi connectivity index (χ0v) is 13.5. The van der Waals surface area contributed by atoms with E-state index >= 15 is 0 Å². The molecule has 2 rings (SSSR count). The molecular weight excluding hydrogens is 248 g/mol. The number of nitrogens with zero attached hydrogens (tertiary/aromatic N) is 1. The van der Waals surface area contributed by atoms with Gasteiger partial charge in [-0.1, -0.05) is 26.8 Å². The number of rotatable bonds is 0. The minimum atomic E-state index is -0.00242. The van der Waals surface area contributed by atoms with E-state index in [0.717, 1.165) is 17.9 Å². The quantitative estimate of drug-likeness (QED) is 0.777. The van der Waals surface area contributed by atoms with Crippen molar-refractivity contribution in [3.8, 4) is 0 Å². The number of amides is 1. The summed E-state index contributed by atoms with van der Waals surface area (Å²) in [4.78, 5) is 14.2. The smallest absolute Gasteiger partial charge is 0.226 e. The maximum Gasteiger partial charge on any atom is 0.226 e. The molecule has 0 aliphatic carbocycles. The molecular formula is C17H26N2O. The van der Waals surface area contributed by atoms with Crippen LogP contribution in [0.3, 0.4) is 0 Å².